The van der Waals surface area contributed by atoms with E-state index < -0.39 is 0 Å². The van der Waals surface area contributed by atoms with Crippen LogP contribution in [0.5, 0.6) is 5.75 Å². The van der Waals surface area contributed by atoms with Gasteiger partial charge in [0.1, 0.15) is 18.2 Å². The fourth-order valence-electron chi connectivity index (χ4n) is 3.95. The van der Waals surface area contributed by atoms with E-state index in [1.54, 1.807) is 28.6 Å². The predicted molar refractivity (Wildman–Crippen MR) is 148 cm³/mol. The van der Waals surface area contributed by atoms with Gasteiger partial charge in [0.15, 0.2) is 0 Å². The summed E-state index contributed by atoms with van der Waals surface area (Å²) in [5, 5.41) is 18.8. The summed E-state index contributed by atoms with van der Waals surface area (Å²) in [6.07, 6.45) is 0.961. The normalized spacial score (nSPS) is 10.8. The number of benzene rings is 4. The van der Waals surface area contributed by atoms with Crippen molar-refractivity contribution in [1.82, 2.24) is 25.5 Å². The number of tetrazole rings is 1. The van der Waals surface area contributed by atoms with Crippen LogP contribution in [0.15, 0.2) is 96.2 Å². The van der Waals surface area contributed by atoms with Crippen molar-refractivity contribution < 1.29 is 9.13 Å². The number of nitrogens with zero attached hydrogens (tertiary/aromatic N) is 4. The topological polar surface area (TPSA) is 64.9 Å². The first-order valence-electron chi connectivity index (χ1n) is 11.8. The Labute approximate surface area is 225 Å². The number of aromatic nitrogens is 4. The molecule has 5 aromatic rings. The number of rotatable bonds is 11. The Kier molecular flexibility index (Phi) is 9.48. The van der Waals surface area contributed by atoms with Crippen LogP contribution in [0.25, 0.3) is 16.5 Å². The van der Waals surface area contributed by atoms with E-state index in [-0.39, 0.29) is 18.2 Å². The lowest BCUT2D eigenvalue weighted by Crippen LogP contribution is -2.16. The van der Waals surface area contributed by atoms with Crippen LogP contribution in [0, 0.1) is 5.82 Å². The summed E-state index contributed by atoms with van der Waals surface area (Å²) in [5.74, 6) is 1.48. The quantitative estimate of drug-likeness (QED) is 0.160. The molecule has 0 aliphatic carbocycles. The first-order valence-corrected chi connectivity index (χ1v) is 12.8. The molecule has 1 heterocycles. The van der Waals surface area contributed by atoms with Crippen LogP contribution in [-0.2, 0) is 13.2 Å². The van der Waals surface area contributed by atoms with Gasteiger partial charge in [0.25, 0.3) is 0 Å². The second-order valence-electron chi connectivity index (χ2n) is 8.27. The molecule has 0 fully saturated rings. The van der Waals surface area contributed by atoms with Gasteiger partial charge in [0.2, 0.25) is 5.16 Å². The molecular formula is C28H27ClFN5OS. The number of nitrogens with one attached hydrogen (secondary N) is 1. The number of hydrogen-bond acceptors (Lipinski definition) is 6. The Bertz CT molecular complexity index is 1420. The summed E-state index contributed by atoms with van der Waals surface area (Å²) in [4.78, 5) is 0. The molecule has 0 radical (unpaired) electrons. The maximum Gasteiger partial charge on any atom is 0.214 e. The molecule has 190 valence electrons. The lowest BCUT2D eigenvalue weighted by Gasteiger charge is -2.15. The standard InChI is InChI=1S/C28H26FN5OS.ClH/c29-23-14-11-21(12-15-23)20-35-27-16-13-22-7-4-5-10-25(22)26(27)19-30-17-6-18-36-28-31-32-33-34(28)24-8-2-1-3-9-24;/h1-5,7-16,30H,6,17-20H2;1H. The van der Waals surface area contributed by atoms with Crippen molar-refractivity contribution in [1.29, 1.82) is 0 Å². The van der Waals surface area contributed by atoms with Gasteiger partial charge in [-0.1, -0.05) is 72.4 Å². The van der Waals surface area contributed by atoms with Gasteiger partial charge in [-0.05, 0) is 70.1 Å². The van der Waals surface area contributed by atoms with Crippen LogP contribution in [0.1, 0.15) is 17.5 Å². The number of halogens is 2. The highest BCUT2D eigenvalue weighted by atomic mass is 35.5. The van der Waals surface area contributed by atoms with E-state index in [0.717, 1.165) is 51.8 Å². The number of ether oxygens (including phenoxy) is 1. The molecule has 1 aromatic heterocycles. The molecule has 0 amide bonds. The van der Waals surface area contributed by atoms with E-state index in [2.05, 4.69) is 39.0 Å². The molecule has 0 spiro atoms. The highest BCUT2D eigenvalue weighted by molar-refractivity contribution is 7.99. The average molecular weight is 536 g/mol. The fraction of sp³-hybridized carbons (Fsp3) is 0.179. The highest BCUT2D eigenvalue weighted by Gasteiger charge is 2.11. The van der Waals surface area contributed by atoms with Gasteiger partial charge >= 0.3 is 0 Å². The highest BCUT2D eigenvalue weighted by Crippen LogP contribution is 2.29. The zero-order chi connectivity index (χ0) is 24.6. The summed E-state index contributed by atoms with van der Waals surface area (Å²) in [6, 6.07) is 28.7. The van der Waals surface area contributed by atoms with Gasteiger partial charge in [-0.15, -0.1) is 17.5 Å². The van der Waals surface area contributed by atoms with Crippen molar-refractivity contribution >= 4 is 34.9 Å². The van der Waals surface area contributed by atoms with Gasteiger partial charge < -0.3 is 10.1 Å². The number of para-hydroxylation sites is 1. The van der Waals surface area contributed by atoms with E-state index in [1.807, 2.05) is 48.5 Å². The van der Waals surface area contributed by atoms with Gasteiger partial charge in [0.05, 0.1) is 5.69 Å². The van der Waals surface area contributed by atoms with E-state index in [1.165, 1.54) is 17.5 Å². The minimum Gasteiger partial charge on any atom is -0.489 e. The van der Waals surface area contributed by atoms with Gasteiger partial charge in [-0.3, -0.25) is 0 Å². The Balaban J connectivity index is 0.00000320. The van der Waals surface area contributed by atoms with Gasteiger partial charge in [0, 0.05) is 17.9 Å². The van der Waals surface area contributed by atoms with Crippen LogP contribution >= 0.6 is 24.2 Å². The SMILES string of the molecule is Cl.Fc1ccc(COc2ccc3ccccc3c2CNCCCSc2nnnn2-c2ccccc2)cc1. The number of thioether (sulfide) groups is 1. The van der Waals surface area contributed by atoms with Crippen molar-refractivity contribution in [3.63, 3.8) is 0 Å². The molecule has 4 aromatic carbocycles. The minimum absolute atomic E-state index is 0. The second-order valence-corrected chi connectivity index (χ2v) is 9.33. The molecule has 5 rings (SSSR count). The third kappa shape index (κ3) is 6.85. The Hall–Kier alpha value is -3.46. The molecule has 0 saturated heterocycles. The van der Waals surface area contributed by atoms with Crippen LogP contribution in [0.2, 0.25) is 0 Å². The smallest absolute Gasteiger partial charge is 0.214 e. The molecule has 9 heteroatoms. The summed E-state index contributed by atoms with van der Waals surface area (Å²) in [6.45, 7) is 1.92. The first-order chi connectivity index (χ1) is 17.8. The molecule has 6 nitrogen and oxygen atoms in total. The Morgan fingerprint density at radius 2 is 1.68 bits per heavy atom. The second kappa shape index (κ2) is 13.2. The largest absolute Gasteiger partial charge is 0.489 e. The first kappa shape index (κ1) is 26.6. The lowest BCUT2D eigenvalue weighted by molar-refractivity contribution is 0.302. The number of fused-ring (bicyclic) bond motifs is 1. The third-order valence-electron chi connectivity index (χ3n) is 5.78. The molecule has 0 unspecified atom stereocenters. The van der Waals surface area contributed by atoms with Crippen molar-refractivity contribution in [2.75, 3.05) is 12.3 Å². The maximum absolute atomic E-state index is 13.2. The van der Waals surface area contributed by atoms with Crippen LogP contribution < -0.4 is 10.1 Å². The monoisotopic (exact) mass is 535 g/mol. The minimum atomic E-state index is -0.246. The zero-order valence-electron chi connectivity index (χ0n) is 20.1. The van der Waals surface area contributed by atoms with Crippen LogP contribution in [0.4, 0.5) is 4.39 Å². The van der Waals surface area contributed by atoms with E-state index >= 15 is 0 Å². The summed E-state index contributed by atoms with van der Waals surface area (Å²) >= 11 is 1.64. The molecule has 1 N–H and O–H groups in total. The lowest BCUT2D eigenvalue weighted by atomic mass is 10.0. The third-order valence-corrected chi connectivity index (χ3v) is 6.78. The molecule has 0 saturated carbocycles. The van der Waals surface area contributed by atoms with Crippen LogP contribution in [-0.4, -0.2) is 32.5 Å². The van der Waals surface area contributed by atoms with Crippen molar-refractivity contribution in [2.24, 2.45) is 0 Å². The van der Waals surface area contributed by atoms with E-state index in [0.29, 0.717) is 13.2 Å². The Morgan fingerprint density at radius 3 is 2.51 bits per heavy atom. The van der Waals surface area contributed by atoms with E-state index in [4.69, 9.17) is 4.74 Å². The number of hydrogen-bond donors (Lipinski definition) is 1. The fourth-order valence-corrected chi connectivity index (χ4v) is 4.78. The van der Waals surface area contributed by atoms with Gasteiger partial charge in [-0.25, -0.2) is 4.39 Å². The van der Waals surface area contributed by atoms with Crippen molar-refractivity contribution in [2.45, 2.75) is 24.7 Å². The summed E-state index contributed by atoms with van der Waals surface area (Å²) in [7, 11) is 0. The van der Waals surface area contributed by atoms with Crippen molar-refractivity contribution in [3.8, 4) is 11.4 Å². The Morgan fingerprint density at radius 1 is 0.892 bits per heavy atom. The summed E-state index contributed by atoms with van der Waals surface area (Å²) in [5.41, 5.74) is 3.00. The zero-order valence-corrected chi connectivity index (χ0v) is 21.7. The van der Waals surface area contributed by atoms with Crippen molar-refractivity contribution in [3.05, 3.63) is 108 Å². The average Bonchev–Trinajstić information content (AvgIpc) is 3.40. The molecule has 0 aliphatic heterocycles. The molecular weight excluding hydrogens is 509 g/mol. The molecule has 0 aliphatic rings. The van der Waals surface area contributed by atoms with E-state index in [9.17, 15) is 4.39 Å². The van der Waals surface area contributed by atoms with Crippen LogP contribution in [0.3, 0.4) is 0 Å². The van der Waals surface area contributed by atoms with Gasteiger partial charge in [-0.2, -0.15) is 4.68 Å². The molecule has 0 bridgehead atoms. The maximum atomic E-state index is 13.2. The molecule has 37 heavy (non-hydrogen) atoms. The molecule has 0 atom stereocenters. The summed E-state index contributed by atoms with van der Waals surface area (Å²) < 4.78 is 21.2. The predicted octanol–water partition coefficient (Wildman–Crippen LogP) is 6.23.